The van der Waals surface area contributed by atoms with Gasteiger partial charge in [0.2, 0.25) is 0 Å². The standard InChI is InChI=1S/C12H13ClFNO2/c13-10-2-1-3-11(14)9(10)7-15-5-8(6-15)4-12(16)17/h1-3,8H,4-7H2,(H,16,17). The Kier molecular flexibility index (Phi) is 3.64. The van der Waals surface area contributed by atoms with E-state index in [9.17, 15) is 9.18 Å². The van der Waals surface area contributed by atoms with Gasteiger partial charge >= 0.3 is 5.97 Å². The Balaban J connectivity index is 1.90. The molecular weight excluding hydrogens is 245 g/mol. The number of benzene rings is 1. The third-order valence-electron chi connectivity index (χ3n) is 2.94. The number of halogens is 2. The van der Waals surface area contributed by atoms with Crippen molar-refractivity contribution < 1.29 is 14.3 Å². The van der Waals surface area contributed by atoms with Crippen LogP contribution in [-0.2, 0) is 11.3 Å². The average Bonchev–Trinajstić information content (AvgIpc) is 2.18. The second kappa shape index (κ2) is 5.02. The van der Waals surface area contributed by atoms with Gasteiger partial charge in [-0.3, -0.25) is 9.69 Å². The van der Waals surface area contributed by atoms with E-state index < -0.39 is 5.97 Å². The molecular formula is C12H13ClFNO2. The van der Waals surface area contributed by atoms with Crippen LogP contribution in [-0.4, -0.2) is 29.1 Å². The lowest BCUT2D eigenvalue weighted by molar-refractivity contribution is -0.139. The van der Waals surface area contributed by atoms with Gasteiger partial charge in [0.1, 0.15) is 5.82 Å². The van der Waals surface area contributed by atoms with Crippen LogP contribution in [0.5, 0.6) is 0 Å². The van der Waals surface area contributed by atoms with Gasteiger partial charge in [-0.1, -0.05) is 17.7 Å². The Labute approximate surface area is 104 Å². The van der Waals surface area contributed by atoms with E-state index in [1.807, 2.05) is 4.90 Å². The number of carboxylic acids is 1. The number of nitrogens with zero attached hydrogens (tertiary/aromatic N) is 1. The molecule has 0 bridgehead atoms. The Morgan fingerprint density at radius 2 is 2.24 bits per heavy atom. The quantitative estimate of drug-likeness (QED) is 0.900. The van der Waals surface area contributed by atoms with Crippen molar-refractivity contribution in [2.75, 3.05) is 13.1 Å². The predicted molar refractivity (Wildman–Crippen MR) is 62.4 cm³/mol. The first-order valence-corrected chi connectivity index (χ1v) is 5.81. The molecule has 0 unspecified atom stereocenters. The number of hydrogen-bond acceptors (Lipinski definition) is 2. The van der Waals surface area contributed by atoms with Gasteiger partial charge in [-0.2, -0.15) is 0 Å². The summed E-state index contributed by atoms with van der Waals surface area (Å²) in [4.78, 5) is 12.5. The second-order valence-electron chi connectivity index (χ2n) is 4.36. The lowest BCUT2D eigenvalue weighted by Gasteiger charge is -2.38. The summed E-state index contributed by atoms with van der Waals surface area (Å²) in [6.45, 7) is 1.83. The third kappa shape index (κ3) is 2.96. The number of likely N-dealkylation sites (tertiary alicyclic amines) is 1. The van der Waals surface area contributed by atoms with Crippen LogP contribution in [0.15, 0.2) is 18.2 Å². The number of rotatable bonds is 4. The Morgan fingerprint density at radius 1 is 1.53 bits per heavy atom. The predicted octanol–water partition coefficient (Wildman–Crippen LogP) is 2.39. The molecule has 92 valence electrons. The zero-order valence-corrected chi connectivity index (χ0v) is 9.95. The van der Waals surface area contributed by atoms with Crippen LogP contribution in [0.3, 0.4) is 0 Å². The van der Waals surface area contributed by atoms with Crippen molar-refractivity contribution in [1.29, 1.82) is 0 Å². The van der Waals surface area contributed by atoms with E-state index in [4.69, 9.17) is 16.7 Å². The highest BCUT2D eigenvalue weighted by Crippen LogP contribution is 2.26. The normalized spacial score (nSPS) is 16.8. The second-order valence-corrected chi connectivity index (χ2v) is 4.77. The molecule has 0 radical (unpaired) electrons. The van der Waals surface area contributed by atoms with Crippen LogP contribution in [0.4, 0.5) is 4.39 Å². The summed E-state index contributed by atoms with van der Waals surface area (Å²) in [5.41, 5.74) is 0.489. The molecule has 1 N–H and O–H groups in total. The molecule has 0 atom stereocenters. The average molecular weight is 258 g/mol. The van der Waals surface area contributed by atoms with E-state index in [2.05, 4.69) is 0 Å². The first kappa shape index (κ1) is 12.3. The summed E-state index contributed by atoms with van der Waals surface area (Å²) in [5, 5.41) is 9.04. The molecule has 0 spiro atoms. The van der Waals surface area contributed by atoms with Gasteiger partial charge in [-0.25, -0.2) is 4.39 Å². The fraction of sp³-hybridized carbons (Fsp3) is 0.417. The van der Waals surface area contributed by atoms with E-state index in [-0.39, 0.29) is 18.2 Å². The highest BCUT2D eigenvalue weighted by molar-refractivity contribution is 6.31. The lowest BCUT2D eigenvalue weighted by atomic mass is 9.96. The van der Waals surface area contributed by atoms with E-state index in [0.29, 0.717) is 30.2 Å². The molecule has 1 heterocycles. The Hall–Kier alpha value is -1.13. The molecule has 0 aliphatic carbocycles. The van der Waals surface area contributed by atoms with E-state index >= 15 is 0 Å². The maximum atomic E-state index is 13.5. The summed E-state index contributed by atoms with van der Waals surface area (Å²) in [6.07, 6.45) is 0.182. The monoisotopic (exact) mass is 257 g/mol. The largest absolute Gasteiger partial charge is 0.481 e. The van der Waals surface area contributed by atoms with Crippen molar-refractivity contribution in [1.82, 2.24) is 4.90 Å². The fourth-order valence-corrected chi connectivity index (χ4v) is 2.31. The summed E-state index contributed by atoms with van der Waals surface area (Å²) < 4.78 is 13.5. The van der Waals surface area contributed by atoms with Gasteiger partial charge in [0.05, 0.1) is 6.42 Å². The minimum absolute atomic E-state index is 0.179. The van der Waals surface area contributed by atoms with Crippen molar-refractivity contribution >= 4 is 17.6 Å². The highest BCUT2D eigenvalue weighted by atomic mass is 35.5. The molecule has 1 saturated heterocycles. The topological polar surface area (TPSA) is 40.5 Å². The minimum atomic E-state index is -0.779. The molecule has 1 aliphatic heterocycles. The van der Waals surface area contributed by atoms with Crippen LogP contribution < -0.4 is 0 Å². The number of hydrogen-bond donors (Lipinski definition) is 1. The zero-order chi connectivity index (χ0) is 12.4. The summed E-state index contributed by atoms with van der Waals surface area (Å²) in [7, 11) is 0. The van der Waals surface area contributed by atoms with Gasteiger partial charge < -0.3 is 5.11 Å². The van der Waals surface area contributed by atoms with E-state index in [1.54, 1.807) is 12.1 Å². The number of carbonyl (C=O) groups is 1. The van der Waals surface area contributed by atoms with Crippen LogP contribution >= 0.6 is 11.6 Å². The molecule has 0 aromatic heterocycles. The summed E-state index contributed by atoms with van der Waals surface area (Å²) in [6, 6.07) is 4.62. The third-order valence-corrected chi connectivity index (χ3v) is 3.29. The molecule has 1 fully saturated rings. The van der Waals surface area contributed by atoms with Crippen molar-refractivity contribution in [2.45, 2.75) is 13.0 Å². The minimum Gasteiger partial charge on any atom is -0.481 e. The number of aliphatic carboxylic acids is 1. The molecule has 5 heteroatoms. The Bertz CT molecular complexity index is 412. The fourth-order valence-electron chi connectivity index (χ4n) is 2.09. The first-order valence-electron chi connectivity index (χ1n) is 5.43. The van der Waals surface area contributed by atoms with Crippen molar-refractivity contribution in [3.05, 3.63) is 34.6 Å². The molecule has 1 aromatic rings. The summed E-state index contributed by atoms with van der Waals surface area (Å²) in [5.74, 6) is -0.907. The SMILES string of the molecule is O=C(O)CC1CN(Cc2c(F)cccc2Cl)C1. The molecule has 0 saturated carbocycles. The van der Waals surface area contributed by atoms with E-state index in [0.717, 1.165) is 0 Å². The van der Waals surface area contributed by atoms with Gasteiger partial charge in [0.25, 0.3) is 0 Å². The van der Waals surface area contributed by atoms with Gasteiger partial charge in [-0.05, 0) is 18.1 Å². The smallest absolute Gasteiger partial charge is 0.303 e. The Morgan fingerprint density at radius 3 is 2.82 bits per heavy atom. The maximum absolute atomic E-state index is 13.5. The van der Waals surface area contributed by atoms with Crippen LogP contribution in [0.1, 0.15) is 12.0 Å². The highest BCUT2D eigenvalue weighted by Gasteiger charge is 2.29. The molecule has 1 aliphatic rings. The van der Waals surface area contributed by atoms with Crippen LogP contribution in [0, 0.1) is 11.7 Å². The van der Waals surface area contributed by atoms with Crippen molar-refractivity contribution in [2.24, 2.45) is 5.92 Å². The van der Waals surface area contributed by atoms with Gasteiger partial charge in [0, 0.05) is 30.2 Å². The van der Waals surface area contributed by atoms with E-state index in [1.165, 1.54) is 6.07 Å². The summed E-state index contributed by atoms with van der Waals surface area (Å²) >= 11 is 5.91. The number of carboxylic acid groups (broad SMARTS) is 1. The lowest BCUT2D eigenvalue weighted by Crippen LogP contribution is -2.46. The zero-order valence-electron chi connectivity index (χ0n) is 9.20. The van der Waals surface area contributed by atoms with Crippen molar-refractivity contribution in [3.63, 3.8) is 0 Å². The van der Waals surface area contributed by atoms with Crippen LogP contribution in [0.2, 0.25) is 5.02 Å². The van der Waals surface area contributed by atoms with Crippen LogP contribution in [0.25, 0.3) is 0 Å². The molecule has 0 amide bonds. The molecule has 2 rings (SSSR count). The molecule has 17 heavy (non-hydrogen) atoms. The maximum Gasteiger partial charge on any atom is 0.303 e. The van der Waals surface area contributed by atoms with Gasteiger partial charge in [0.15, 0.2) is 0 Å². The first-order chi connectivity index (χ1) is 8.06. The molecule has 3 nitrogen and oxygen atoms in total. The van der Waals surface area contributed by atoms with Crippen molar-refractivity contribution in [3.8, 4) is 0 Å². The molecule has 1 aromatic carbocycles. The van der Waals surface area contributed by atoms with Gasteiger partial charge in [-0.15, -0.1) is 0 Å².